The Morgan fingerprint density at radius 2 is 2.35 bits per heavy atom. The first-order valence-electron chi connectivity index (χ1n) is 5.57. The molecule has 1 unspecified atom stereocenters. The summed E-state index contributed by atoms with van der Waals surface area (Å²) in [7, 11) is 0. The van der Waals surface area contributed by atoms with Crippen molar-refractivity contribution in [2.24, 2.45) is 0 Å². The second-order valence-electron chi connectivity index (χ2n) is 4.09. The molecule has 0 saturated carbocycles. The Morgan fingerprint density at radius 3 is 3.00 bits per heavy atom. The average Bonchev–Trinajstić information content (AvgIpc) is 2.32. The molecule has 1 aromatic carbocycles. The Kier molecular flexibility index (Phi) is 3.54. The Hall–Kier alpha value is -1.26. The smallest absolute Gasteiger partial charge is 0.242 e. The number of hydrogen-bond acceptors (Lipinski definition) is 3. The number of carbonyl (C=O) groups excluding carboxylic acids is 1. The molecule has 2 N–H and O–H groups in total. The fourth-order valence-corrected chi connectivity index (χ4v) is 2.21. The van der Waals surface area contributed by atoms with E-state index in [0.29, 0.717) is 17.1 Å². The minimum atomic E-state index is -0.195. The normalized spacial score (nSPS) is 20.3. The molecule has 2 rings (SSSR count). The Balaban J connectivity index is 2.27. The van der Waals surface area contributed by atoms with Crippen LogP contribution in [0.25, 0.3) is 0 Å². The monoisotopic (exact) mass is 254 g/mol. The number of carbonyl (C=O) groups is 1. The van der Waals surface area contributed by atoms with Crippen molar-refractivity contribution in [3.05, 3.63) is 28.8 Å². The van der Waals surface area contributed by atoms with E-state index in [1.807, 2.05) is 17.9 Å². The molecule has 0 bridgehead atoms. The van der Waals surface area contributed by atoms with Gasteiger partial charge in [-0.2, -0.15) is 0 Å². The van der Waals surface area contributed by atoms with Crippen molar-refractivity contribution in [2.75, 3.05) is 18.0 Å². The molecule has 92 valence electrons. The molecule has 0 aliphatic carbocycles. The van der Waals surface area contributed by atoms with E-state index in [1.165, 1.54) is 0 Å². The number of aliphatic hydroxyl groups excluding tert-OH is 1. The zero-order valence-electron chi connectivity index (χ0n) is 9.61. The van der Waals surface area contributed by atoms with Crippen molar-refractivity contribution < 1.29 is 9.90 Å². The van der Waals surface area contributed by atoms with E-state index in [2.05, 4.69) is 5.32 Å². The summed E-state index contributed by atoms with van der Waals surface area (Å²) in [6.45, 7) is 3.20. The van der Waals surface area contributed by atoms with Gasteiger partial charge in [0.1, 0.15) is 6.04 Å². The number of nitrogens with one attached hydrogen (secondary N) is 1. The maximum Gasteiger partial charge on any atom is 0.242 e. The minimum Gasteiger partial charge on any atom is -0.392 e. The number of nitrogens with zero attached hydrogens (tertiary/aromatic N) is 1. The third kappa shape index (κ3) is 2.37. The number of rotatable bonds is 2. The van der Waals surface area contributed by atoms with Crippen LogP contribution in [0.3, 0.4) is 0 Å². The van der Waals surface area contributed by atoms with Crippen molar-refractivity contribution in [3.8, 4) is 0 Å². The summed E-state index contributed by atoms with van der Waals surface area (Å²) >= 11 is 6.05. The third-order valence-corrected chi connectivity index (χ3v) is 3.39. The fourth-order valence-electron chi connectivity index (χ4n) is 1.98. The van der Waals surface area contributed by atoms with Crippen molar-refractivity contribution in [1.29, 1.82) is 0 Å². The van der Waals surface area contributed by atoms with Crippen LogP contribution in [0.2, 0.25) is 5.02 Å². The molecule has 1 aromatic rings. The summed E-state index contributed by atoms with van der Waals surface area (Å²) in [5.74, 6) is 0.0265. The molecular weight excluding hydrogens is 240 g/mol. The lowest BCUT2D eigenvalue weighted by Gasteiger charge is -2.34. The van der Waals surface area contributed by atoms with Gasteiger partial charge in [0.15, 0.2) is 0 Å². The SMILES string of the molecule is CC1C(=O)NCCN1c1ccc(CO)c(Cl)c1. The molecule has 4 nitrogen and oxygen atoms in total. The zero-order valence-corrected chi connectivity index (χ0v) is 10.4. The van der Waals surface area contributed by atoms with Crippen LogP contribution in [0.1, 0.15) is 12.5 Å². The molecule has 1 saturated heterocycles. The van der Waals surface area contributed by atoms with Crippen molar-refractivity contribution in [2.45, 2.75) is 19.6 Å². The van der Waals surface area contributed by atoms with Gasteiger partial charge in [-0.15, -0.1) is 0 Å². The summed E-state index contributed by atoms with van der Waals surface area (Å²) in [4.78, 5) is 13.6. The minimum absolute atomic E-state index is 0.0265. The number of anilines is 1. The molecule has 17 heavy (non-hydrogen) atoms. The number of halogens is 1. The predicted molar refractivity (Wildman–Crippen MR) is 67.2 cm³/mol. The average molecular weight is 255 g/mol. The van der Waals surface area contributed by atoms with Gasteiger partial charge in [0, 0.05) is 23.8 Å². The highest BCUT2D eigenvalue weighted by Crippen LogP contribution is 2.25. The summed E-state index contributed by atoms with van der Waals surface area (Å²) in [6, 6.07) is 5.27. The van der Waals surface area contributed by atoms with Crippen molar-refractivity contribution in [1.82, 2.24) is 5.32 Å². The van der Waals surface area contributed by atoms with E-state index < -0.39 is 0 Å². The van der Waals surface area contributed by atoms with Gasteiger partial charge in [-0.1, -0.05) is 17.7 Å². The van der Waals surface area contributed by atoms with Gasteiger partial charge in [-0.3, -0.25) is 4.79 Å². The van der Waals surface area contributed by atoms with Crippen molar-refractivity contribution in [3.63, 3.8) is 0 Å². The molecule has 0 radical (unpaired) electrons. The maximum atomic E-state index is 11.6. The molecule has 1 aliphatic heterocycles. The van der Waals surface area contributed by atoms with Gasteiger partial charge >= 0.3 is 0 Å². The summed E-state index contributed by atoms with van der Waals surface area (Å²) in [5, 5.41) is 12.4. The van der Waals surface area contributed by atoms with Gasteiger partial charge in [-0.25, -0.2) is 0 Å². The van der Waals surface area contributed by atoms with Gasteiger partial charge in [-0.05, 0) is 24.6 Å². The van der Waals surface area contributed by atoms with E-state index in [-0.39, 0.29) is 18.6 Å². The first-order chi connectivity index (χ1) is 8.13. The lowest BCUT2D eigenvalue weighted by molar-refractivity contribution is -0.122. The largest absolute Gasteiger partial charge is 0.392 e. The molecular formula is C12H15ClN2O2. The van der Waals surface area contributed by atoms with Crippen LogP contribution in [0, 0.1) is 0 Å². The number of aliphatic hydroxyl groups is 1. The Morgan fingerprint density at radius 1 is 1.59 bits per heavy atom. The maximum absolute atomic E-state index is 11.6. The molecule has 0 spiro atoms. The van der Waals surface area contributed by atoms with E-state index >= 15 is 0 Å². The first-order valence-corrected chi connectivity index (χ1v) is 5.95. The highest BCUT2D eigenvalue weighted by Gasteiger charge is 2.25. The summed E-state index contributed by atoms with van der Waals surface area (Å²) in [6.07, 6.45) is 0. The molecule has 1 aliphatic rings. The fraction of sp³-hybridized carbons (Fsp3) is 0.417. The van der Waals surface area contributed by atoms with Gasteiger partial charge < -0.3 is 15.3 Å². The van der Waals surface area contributed by atoms with Crippen LogP contribution in [0.15, 0.2) is 18.2 Å². The van der Waals surface area contributed by atoms with Gasteiger partial charge in [0.05, 0.1) is 6.61 Å². The van der Waals surface area contributed by atoms with Crippen LogP contribution in [0.5, 0.6) is 0 Å². The highest BCUT2D eigenvalue weighted by molar-refractivity contribution is 6.31. The highest BCUT2D eigenvalue weighted by atomic mass is 35.5. The molecule has 1 fully saturated rings. The van der Waals surface area contributed by atoms with Crippen LogP contribution < -0.4 is 10.2 Å². The number of benzene rings is 1. The second kappa shape index (κ2) is 4.94. The number of hydrogen-bond donors (Lipinski definition) is 2. The van der Waals surface area contributed by atoms with Gasteiger partial charge in [0.2, 0.25) is 5.91 Å². The lowest BCUT2D eigenvalue weighted by Crippen LogP contribution is -2.54. The van der Waals surface area contributed by atoms with Crippen LogP contribution in [-0.4, -0.2) is 30.1 Å². The predicted octanol–water partition coefficient (Wildman–Crippen LogP) is 1.16. The van der Waals surface area contributed by atoms with Crippen molar-refractivity contribution >= 4 is 23.2 Å². The molecule has 1 amide bonds. The molecule has 0 aromatic heterocycles. The lowest BCUT2D eigenvalue weighted by atomic mass is 10.1. The molecule has 1 heterocycles. The number of amides is 1. The summed E-state index contributed by atoms with van der Waals surface area (Å²) in [5.41, 5.74) is 1.61. The Labute approximate surface area is 105 Å². The van der Waals surface area contributed by atoms with Crippen LogP contribution in [0.4, 0.5) is 5.69 Å². The standard InChI is InChI=1S/C12H15ClN2O2/c1-8-12(17)14-4-5-15(8)10-3-2-9(7-16)11(13)6-10/h2-3,6,8,16H,4-5,7H2,1H3,(H,14,17). The zero-order chi connectivity index (χ0) is 12.4. The topological polar surface area (TPSA) is 52.6 Å². The van der Waals surface area contributed by atoms with E-state index in [4.69, 9.17) is 16.7 Å². The Bertz CT molecular complexity index is 437. The number of piperazine rings is 1. The van der Waals surface area contributed by atoms with Crippen LogP contribution in [-0.2, 0) is 11.4 Å². The third-order valence-electron chi connectivity index (χ3n) is 3.04. The van der Waals surface area contributed by atoms with Crippen LogP contribution >= 0.6 is 11.6 Å². The first kappa shape index (κ1) is 12.2. The second-order valence-corrected chi connectivity index (χ2v) is 4.50. The molecule has 5 heteroatoms. The van der Waals surface area contributed by atoms with E-state index in [0.717, 1.165) is 12.2 Å². The quantitative estimate of drug-likeness (QED) is 0.833. The van der Waals surface area contributed by atoms with Gasteiger partial charge in [0.25, 0.3) is 0 Å². The van der Waals surface area contributed by atoms with E-state index in [9.17, 15) is 4.79 Å². The van der Waals surface area contributed by atoms with E-state index in [1.54, 1.807) is 12.1 Å². The molecule has 1 atom stereocenters. The summed E-state index contributed by atoms with van der Waals surface area (Å²) < 4.78 is 0.